The van der Waals surface area contributed by atoms with E-state index in [-0.39, 0.29) is 17.2 Å². The van der Waals surface area contributed by atoms with Gasteiger partial charge in [-0.1, -0.05) is 59.5 Å². The first kappa shape index (κ1) is 18.8. The number of carbonyl (C=O) groups is 1. The Morgan fingerprint density at radius 3 is 2.78 bits per heavy atom. The molecule has 0 aliphatic heterocycles. The Morgan fingerprint density at radius 1 is 1.19 bits per heavy atom. The second kappa shape index (κ2) is 8.59. The van der Waals surface area contributed by atoms with E-state index in [0.29, 0.717) is 16.3 Å². The first-order valence-electron chi connectivity index (χ1n) is 7.96. The minimum Gasteiger partial charge on any atom is -0.480 e. The number of rotatable bonds is 5. The van der Waals surface area contributed by atoms with E-state index < -0.39 is 5.91 Å². The van der Waals surface area contributed by atoms with E-state index in [4.69, 9.17) is 34.4 Å². The Balaban J connectivity index is 1.88. The van der Waals surface area contributed by atoms with Crippen molar-refractivity contribution in [2.45, 2.75) is 0 Å². The van der Waals surface area contributed by atoms with E-state index in [0.717, 1.165) is 10.8 Å². The van der Waals surface area contributed by atoms with Crippen molar-refractivity contribution < 1.29 is 9.53 Å². The fourth-order valence-corrected chi connectivity index (χ4v) is 3.04. The molecule has 0 bridgehead atoms. The van der Waals surface area contributed by atoms with Crippen LogP contribution in [-0.4, -0.2) is 18.7 Å². The van der Waals surface area contributed by atoms with Crippen LogP contribution in [0.4, 0.5) is 0 Å². The Kier molecular flexibility index (Phi) is 5.97. The summed E-state index contributed by atoms with van der Waals surface area (Å²) in [6.45, 7) is 0.131. The number of benzene rings is 3. The van der Waals surface area contributed by atoms with Crippen molar-refractivity contribution in [2.24, 2.45) is 5.10 Å². The van der Waals surface area contributed by atoms with Crippen LogP contribution in [0.5, 0.6) is 5.75 Å². The zero-order chi connectivity index (χ0) is 19.2. The lowest BCUT2D eigenvalue weighted by Gasteiger charge is -2.10. The number of halogens is 2. The fourth-order valence-electron chi connectivity index (χ4n) is 2.54. The van der Waals surface area contributed by atoms with Gasteiger partial charge in [0.2, 0.25) is 0 Å². The van der Waals surface area contributed by atoms with Crippen LogP contribution in [0.2, 0.25) is 10.0 Å². The minimum atomic E-state index is -0.445. The van der Waals surface area contributed by atoms with E-state index in [1.54, 1.807) is 6.07 Å². The van der Waals surface area contributed by atoms with E-state index in [1.165, 1.54) is 18.3 Å². The summed E-state index contributed by atoms with van der Waals surface area (Å²) in [5, 5.41) is 6.69. The van der Waals surface area contributed by atoms with Crippen molar-refractivity contribution in [3.05, 3.63) is 75.8 Å². The third-order valence-electron chi connectivity index (χ3n) is 3.78. The molecule has 0 aromatic heterocycles. The molecule has 4 nitrogen and oxygen atoms in total. The topological polar surface area (TPSA) is 50.7 Å². The molecular weight excluding hydrogens is 383 g/mol. The second-order valence-corrected chi connectivity index (χ2v) is 6.36. The molecule has 3 aromatic rings. The summed E-state index contributed by atoms with van der Waals surface area (Å²) in [5.41, 5.74) is 3.45. The molecule has 1 amide bonds. The number of terminal acetylenes is 1. The highest BCUT2D eigenvalue weighted by Crippen LogP contribution is 2.27. The molecule has 3 rings (SSSR count). The molecule has 0 heterocycles. The summed E-state index contributed by atoms with van der Waals surface area (Å²) in [6.07, 6.45) is 6.80. The molecule has 0 fully saturated rings. The van der Waals surface area contributed by atoms with Gasteiger partial charge in [0.1, 0.15) is 12.4 Å². The maximum atomic E-state index is 12.3. The summed E-state index contributed by atoms with van der Waals surface area (Å²) in [6, 6.07) is 16.1. The van der Waals surface area contributed by atoms with Crippen LogP contribution in [0, 0.1) is 12.3 Å². The van der Waals surface area contributed by atoms with Gasteiger partial charge in [-0.2, -0.15) is 5.10 Å². The molecule has 1 N–H and O–H groups in total. The molecule has 0 saturated heterocycles. The number of fused-ring (bicyclic) bond motifs is 1. The second-order valence-electron chi connectivity index (χ2n) is 5.51. The summed E-state index contributed by atoms with van der Waals surface area (Å²) < 4.78 is 5.59. The summed E-state index contributed by atoms with van der Waals surface area (Å²) in [7, 11) is 0. The number of carbonyl (C=O) groups excluding carboxylic acids is 1. The standard InChI is InChI=1S/C21H14Cl2N2O2/c1-2-11-27-20-10-7-14-5-3-4-6-16(14)18(20)13-24-25-21(26)17-9-8-15(22)12-19(17)23/h1,3-10,12-13H,11H2,(H,25,26)/b24-13-. The first-order chi connectivity index (χ1) is 13.1. The number of hydrogen-bond acceptors (Lipinski definition) is 3. The molecule has 27 heavy (non-hydrogen) atoms. The maximum absolute atomic E-state index is 12.3. The van der Waals surface area contributed by atoms with E-state index in [2.05, 4.69) is 16.4 Å². The summed E-state index contributed by atoms with van der Waals surface area (Å²) in [5.74, 6) is 2.57. The van der Waals surface area contributed by atoms with Gasteiger partial charge < -0.3 is 4.74 Å². The van der Waals surface area contributed by atoms with E-state index >= 15 is 0 Å². The van der Waals surface area contributed by atoms with Crippen molar-refractivity contribution in [1.82, 2.24) is 5.43 Å². The van der Waals surface area contributed by atoms with Gasteiger partial charge >= 0.3 is 0 Å². The zero-order valence-corrected chi connectivity index (χ0v) is 15.6. The first-order valence-corrected chi connectivity index (χ1v) is 8.72. The highest BCUT2D eigenvalue weighted by Gasteiger charge is 2.11. The predicted molar refractivity (Wildman–Crippen MR) is 110 cm³/mol. The monoisotopic (exact) mass is 396 g/mol. The van der Waals surface area contributed by atoms with Crippen LogP contribution in [0.1, 0.15) is 15.9 Å². The lowest BCUT2D eigenvalue weighted by atomic mass is 10.0. The van der Waals surface area contributed by atoms with Crippen LogP contribution < -0.4 is 10.2 Å². The largest absolute Gasteiger partial charge is 0.480 e. The predicted octanol–water partition coefficient (Wildman–Crippen LogP) is 4.92. The van der Waals surface area contributed by atoms with Gasteiger partial charge in [-0.15, -0.1) is 6.42 Å². The molecule has 0 aliphatic rings. The van der Waals surface area contributed by atoms with Gasteiger partial charge in [0.25, 0.3) is 5.91 Å². The van der Waals surface area contributed by atoms with Crippen molar-refractivity contribution in [3.63, 3.8) is 0 Å². The number of ether oxygens (including phenoxy) is 1. The van der Waals surface area contributed by atoms with Gasteiger partial charge in [0.15, 0.2) is 0 Å². The Bertz CT molecular complexity index is 1070. The molecule has 134 valence electrons. The molecule has 0 atom stereocenters. The van der Waals surface area contributed by atoms with Crippen molar-refractivity contribution in [3.8, 4) is 18.1 Å². The van der Waals surface area contributed by atoms with Gasteiger partial charge in [-0.25, -0.2) is 5.43 Å². The van der Waals surface area contributed by atoms with Crippen LogP contribution in [0.15, 0.2) is 59.7 Å². The number of hydrogen-bond donors (Lipinski definition) is 1. The summed E-state index contributed by atoms with van der Waals surface area (Å²) in [4.78, 5) is 12.3. The Labute approximate surface area is 166 Å². The van der Waals surface area contributed by atoms with Crippen LogP contribution in [0.3, 0.4) is 0 Å². The van der Waals surface area contributed by atoms with Crippen LogP contribution in [-0.2, 0) is 0 Å². The van der Waals surface area contributed by atoms with Crippen molar-refractivity contribution in [1.29, 1.82) is 0 Å². The number of nitrogens with zero attached hydrogens (tertiary/aromatic N) is 1. The zero-order valence-electron chi connectivity index (χ0n) is 14.1. The molecule has 0 radical (unpaired) electrons. The highest BCUT2D eigenvalue weighted by atomic mass is 35.5. The average molecular weight is 397 g/mol. The van der Waals surface area contributed by atoms with Gasteiger partial charge in [-0.05, 0) is 35.0 Å². The smallest absolute Gasteiger partial charge is 0.272 e. The molecule has 0 aliphatic carbocycles. The molecular formula is C21H14Cl2N2O2. The third-order valence-corrected chi connectivity index (χ3v) is 4.32. The minimum absolute atomic E-state index is 0.131. The quantitative estimate of drug-likeness (QED) is 0.377. The summed E-state index contributed by atoms with van der Waals surface area (Å²) >= 11 is 11.9. The highest BCUT2D eigenvalue weighted by molar-refractivity contribution is 6.36. The van der Waals surface area contributed by atoms with Gasteiger partial charge in [0.05, 0.1) is 16.8 Å². The fraction of sp³-hybridized carbons (Fsp3) is 0.0476. The lowest BCUT2D eigenvalue weighted by Crippen LogP contribution is -2.18. The van der Waals surface area contributed by atoms with E-state index in [9.17, 15) is 4.79 Å². The molecule has 3 aromatic carbocycles. The number of hydrazone groups is 1. The van der Waals surface area contributed by atoms with Gasteiger partial charge in [0, 0.05) is 10.6 Å². The lowest BCUT2D eigenvalue weighted by molar-refractivity contribution is 0.0955. The van der Waals surface area contributed by atoms with Gasteiger partial charge in [-0.3, -0.25) is 4.79 Å². The Morgan fingerprint density at radius 2 is 2.00 bits per heavy atom. The molecule has 0 saturated carbocycles. The third kappa shape index (κ3) is 4.40. The molecule has 6 heteroatoms. The van der Waals surface area contributed by atoms with Crippen molar-refractivity contribution >= 4 is 46.1 Å². The molecule has 0 unspecified atom stereocenters. The normalized spacial score (nSPS) is 10.7. The van der Waals surface area contributed by atoms with E-state index in [1.807, 2.05) is 36.4 Å². The average Bonchev–Trinajstić information content (AvgIpc) is 2.67. The number of nitrogens with one attached hydrogen (secondary N) is 1. The molecule has 0 spiro atoms. The maximum Gasteiger partial charge on any atom is 0.272 e. The number of amides is 1. The Hall–Kier alpha value is -3.00. The van der Waals surface area contributed by atoms with Crippen LogP contribution in [0.25, 0.3) is 10.8 Å². The SMILES string of the molecule is C#CCOc1ccc2ccccc2c1/C=N\NC(=O)c1ccc(Cl)cc1Cl. The van der Waals surface area contributed by atoms with Crippen molar-refractivity contribution in [2.75, 3.05) is 6.61 Å². The van der Waals surface area contributed by atoms with Crippen LogP contribution >= 0.6 is 23.2 Å².